The molecule has 4 rings (SSSR count). The number of amides is 3. The zero-order valence-corrected chi connectivity index (χ0v) is 15.8. The zero-order chi connectivity index (χ0) is 19.5. The van der Waals surface area contributed by atoms with E-state index in [2.05, 4.69) is 4.99 Å². The lowest BCUT2D eigenvalue weighted by molar-refractivity contribution is -0.676. The first-order valence-electron chi connectivity index (χ1n) is 8.38. The Labute approximate surface area is 156 Å². The molecule has 3 amide bonds. The van der Waals surface area contributed by atoms with E-state index < -0.39 is 12.1 Å². The molecule has 0 saturated carbocycles. The Morgan fingerprint density at radius 2 is 1.78 bits per heavy atom. The first-order chi connectivity index (χ1) is 12.9. The van der Waals surface area contributed by atoms with Gasteiger partial charge in [0.05, 0.1) is 14.2 Å². The van der Waals surface area contributed by atoms with Crippen molar-refractivity contribution in [1.82, 2.24) is 14.4 Å². The van der Waals surface area contributed by atoms with Gasteiger partial charge in [-0.25, -0.2) is 9.36 Å². The second-order valence-electron chi connectivity index (χ2n) is 6.46. The lowest BCUT2D eigenvalue weighted by Gasteiger charge is -2.30. The highest BCUT2D eigenvalue weighted by atomic mass is 16.5. The van der Waals surface area contributed by atoms with Gasteiger partial charge in [-0.2, -0.15) is 4.57 Å². The first-order valence-corrected chi connectivity index (χ1v) is 8.38. The van der Waals surface area contributed by atoms with Crippen molar-refractivity contribution < 1.29 is 23.6 Å². The Kier molecular flexibility index (Phi) is 3.69. The molecule has 0 radical (unpaired) electrons. The van der Waals surface area contributed by atoms with Crippen molar-refractivity contribution in [2.24, 2.45) is 4.99 Å². The second kappa shape index (κ2) is 5.83. The van der Waals surface area contributed by atoms with Crippen LogP contribution in [0.1, 0.15) is 11.7 Å². The van der Waals surface area contributed by atoms with Crippen LogP contribution in [0.25, 0.3) is 5.69 Å². The number of amidine groups is 1. The Hall–Kier alpha value is -3.36. The number of nitrogens with zero attached hydrogens (tertiary/aromatic N) is 5. The zero-order valence-electron chi connectivity index (χ0n) is 15.8. The summed E-state index contributed by atoms with van der Waals surface area (Å²) < 4.78 is 14.4. The molecule has 3 heterocycles. The van der Waals surface area contributed by atoms with E-state index in [-0.39, 0.29) is 5.91 Å². The molecular weight excluding hydrogens is 350 g/mol. The number of aliphatic imine (C=N–C) groups is 1. The molecule has 2 aromatic rings. The molecule has 0 N–H and O–H groups in total. The number of urea groups is 1. The molecule has 2 aliphatic rings. The highest BCUT2D eigenvalue weighted by Crippen LogP contribution is 2.34. The number of methoxy groups -OCH3 is 2. The number of hydrogen-bond acceptors (Lipinski definition) is 5. The number of aromatic nitrogens is 2. The highest BCUT2D eigenvalue weighted by molar-refractivity contribution is 6.18. The topological polar surface area (TPSA) is 80.2 Å². The van der Waals surface area contributed by atoms with E-state index in [0.717, 1.165) is 16.3 Å². The standard InChI is InChI=1S/C18H20N5O4/c1-10-9-22-14-15(20(2)18(25)21(3)16(14)24)19-17(22)23(10)11-6-7-12(26-4)13(8-11)27-5/h6-9,14H,1-5H3/q+1. The summed E-state index contributed by atoms with van der Waals surface area (Å²) in [6, 6.07) is 4.51. The van der Waals surface area contributed by atoms with Crippen LogP contribution in [-0.2, 0) is 4.79 Å². The number of imidazole rings is 1. The van der Waals surface area contributed by atoms with Crippen LogP contribution in [0.3, 0.4) is 0 Å². The molecular formula is C18H20N5O4+. The molecule has 1 fully saturated rings. The summed E-state index contributed by atoms with van der Waals surface area (Å²) in [6.45, 7) is 1.93. The normalized spacial score (nSPS) is 18.4. The Balaban J connectivity index is 1.88. The summed E-state index contributed by atoms with van der Waals surface area (Å²) in [5, 5.41) is 0. The van der Waals surface area contributed by atoms with E-state index in [0.29, 0.717) is 23.3 Å². The van der Waals surface area contributed by atoms with Crippen LogP contribution in [0.4, 0.5) is 10.7 Å². The third-order valence-electron chi connectivity index (χ3n) is 4.95. The molecule has 0 bridgehead atoms. The summed E-state index contributed by atoms with van der Waals surface area (Å²) in [4.78, 5) is 32.1. The third kappa shape index (κ3) is 2.24. The molecule has 1 saturated heterocycles. The van der Waals surface area contributed by atoms with Gasteiger partial charge < -0.3 is 9.47 Å². The van der Waals surface area contributed by atoms with Crippen LogP contribution in [-0.4, -0.2) is 60.5 Å². The summed E-state index contributed by atoms with van der Waals surface area (Å²) >= 11 is 0. The van der Waals surface area contributed by atoms with Gasteiger partial charge in [0.2, 0.25) is 11.9 Å². The Morgan fingerprint density at radius 3 is 2.44 bits per heavy atom. The molecule has 2 aliphatic heterocycles. The molecule has 1 aromatic carbocycles. The minimum absolute atomic E-state index is 0.301. The van der Waals surface area contributed by atoms with Crippen molar-refractivity contribution in [1.29, 1.82) is 0 Å². The predicted molar refractivity (Wildman–Crippen MR) is 95.9 cm³/mol. The maximum atomic E-state index is 12.7. The minimum atomic E-state index is -0.646. The fourth-order valence-corrected chi connectivity index (χ4v) is 3.55. The second-order valence-corrected chi connectivity index (χ2v) is 6.46. The van der Waals surface area contributed by atoms with Crippen LogP contribution < -0.4 is 14.0 Å². The summed E-state index contributed by atoms with van der Waals surface area (Å²) in [5.74, 6) is 1.91. The molecule has 140 valence electrons. The fraction of sp³-hybridized carbons (Fsp3) is 0.333. The number of benzene rings is 1. The van der Waals surface area contributed by atoms with Gasteiger partial charge in [0.25, 0.3) is 5.91 Å². The van der Waals surface area contributed by atoms with Gasteiger partial charge in [0, 0.05) is 20.2 Å². The van der Waals surface area contributed by atoms with Crippen LogP contribution in [0.15, 0.2) is 29.4 Å². The van der Waals surface area contributed by atoms with Crippen molar-refractivity contribution in [2.75, 3.05) is 28.3 Å². The van der Waals surface area contributed by atoms with E-state index in [1.807, 2.05) is 35.9 Å². The molecule has 0 aliphatic carbocycles. The molecule has 9 nitrogen and oxygen atoms in total. The number of carbonyl (C=O) groups excluding carboxylic acids is 2. The van der Waals surface area contributed by atoms with Crippen molar-refractivity contribution in [3.05, 3.63) is 30.1 Å². The van der Waals surface area contributed by atoms with Gasteiger partial charge in [-0.3, -0.25) is 14.6 Å². The Bertz CT molecular complexity index is 1010. The third-order valence-corrected chi connectivity index (χ3v) is 4.95. The van der Waals surface area contributed by atoms with Crippen LogP contribution >= 0.6 is 0 Å². The average molecular weight is 370 g/mol. The van der Waals surface area contributed by atoms with Gasteiger partial charge in [-0.05, 0) is 19.1 Å². The number of likely N-dealkylation sites (N-methyl/N-ethyl adjacent to an activating group) is 2. The first kappa shape index (κ1) is 17.1. The van der Waals surface area contributed by atoms with Crippen LogP contribution in [0.5, 0.6) is 11.5 Å². The summed E-state index contributed by atoms with van der Waals surface area (Å²) in [6.07, 6.45) is 1.86. The monoisotopic (exact) mass is 370 g/mol. The van der Waals surface area contributed by atoms with Gasteiger partial charge in [0.1, 0.15) is 17.6 Å². The van der Waals surface area contributed by atoms with E-state index in [1.54, 1.807) is 25.8 Å². The summed E-state index contributed by atoms with van der Waals surface area (Å²) in [7, 11) is 6.26. The lowest BCUT2D eigenvalue weighted by Crippen LogP contribution is -2.61. The maximum absolute atomic E-state index is 12.7. The number of hydrogen-bond donors (Lipinski definition) is 0. The van der Waals surface area contributed by atoms with Crippen molar-refractivity contribution >= 4 is 23.7 Å². The molecule has 1 aromatic heterocycles. The van der Waals surface area contributed by atoms with Crippen LogP contribution in [0.2, 0.25) is 0 Å². The maximum Gasteiger partial charge on any atom is 0.406 e. The van der Waals surface area contributed by atoms with Crippen molar-refractivity contribution in [3.8, 4) is 17.2 Å². The van der Waals surface area contributed by atoms with Crippen molar-refractivity contribution in [2.45, 2.75) is 13.0 Å². The molecule has 1 unspecified atom stereocenters. The van der Waals surface area contributed by atoms with E-state index in [9.17, 15) is 9.59 Å². The van der Waals surface area contributed by atoms with Gasteiger partial charge in [-0.1, -0.05) is 4.99 Å². The van der Waals surface area contributed by atoms with E-state index >= 15 is 0 Å². The minimum Gasteiger partial charge on any atom is -0.493 e. The number of carbonyl (C=O) groups is 2. The molecule has 27 heavy (non-hydrogen) atoms. The molecule has 1 atom stereocenters. The lowest BCUT2D eigenvalue weighted by atomic mass is 10.2. The summed E-state index contributed by atoms with van der Waals surface area (Å²) in [5.41, 5.74) is 1.71. The van der Waals surface area contributed by atoms with E-state index in [4.69, 9.17) is 9.47 Å². The highest BCUT2D eigenvalue weighted by Gasteiger charge is 2.52. The van der Waals surface area contributed by atoms with Gasteiger partial charge in [0.15, 0.2) is 11.5 Å². The van der Waals surface area contributed by atoms with Crippen molar-refractivity contribution in [3.63, 3.8) is 0 Å². The SMILES string of the molecule is COc1ccc(-n2c(C)c[n+]3c2N=C2C3C(=O)N(C)C(=O)N2C)cc1OC. The van der Waals surface area contributed by atoms with Crippen LogP contribution in [0, 0.1) is 6.92 Å². The smallest absolute Gasteiger partial charge is 0.406 e. The van der Waals surface area contributed by atoms with E-state index in [1.165, 1.54) is 11.9 Å². The average Bonchev–Trinajstić information content (AvgIpc) is 3.18. The number of ether oxygens (including phenoxy) is 2. The molecule has 9 heteroatoms. The Morgan fingerprint density at radius 1 is 1.07 bits per heavy atom. The predicted octanol–water partition coefficient (Wildman–Crippen LogP) is 1.20. The quantitative estimate of drug-likeness (QED) is 0.761. The molecule has 0 spiro atoms. The number of aryl methyl sites for hydroxylation is 1. The number of rotatable bonds is 3. The number of fused-ring (bicyclic) bond motifs is 3. The van der Waals surface area contributed by atoms with Gasteiger partial charge >= 0.3 is 12.0 Å². The number of imide groups is 1. The largest absolute Gasteiger partial charge is 0.493 e. The van der Waals surface area contributed by atoms with Gasteiger partial charge in [-0.15, -0.1) is 0 Å². The fourth-order valence-electron chi connectivity index (χ4n) is 3.55.